The molecule has 0 spiro atoms. The van der Waals surface area contributed by atoms with Gasteiger partial charge in [0.15, 0.2) is 10.9 Å². The Morgan fingerprint density at radius 2 is 1.23 bits per heavy atom. The van der Waals surface area contributed by atoms with Gasteiger partial charge >= 0.3 is 11.9 Å². The Kier molecular flexibility index (Phi) is 4.61. The van der Waals surface area contributed by atoms with Crippen LogP contribution in [0.4, 0.5) is 0 Å². The molecule has 4 aromatic carbocycles. The lowest BCUT2D eigenvalue weighted by Crippen LogP contribution is -2.11. The molecule has 2 heterocycles. The predicted octanol–water partition coefficient (Wildman–Crippen LogP) is 4.84. The van der Waals surface area contributed by atoms with Crippen LogP contribution in [0, 0.1) is 0 Å². The summed E-state index contributed by atoms with van der Waals surface area (Å²) in [6.07, 6.45) is 0. The summed E-state index contributed by atoms with van der Waals surface area (Å²) in [6, 6.07) is 11.7. The third kappa shape index (κ3) is 3.17. The zero-order chi connectivity index (χ0) is 24.4. The topological polar surface area (TPSA) is 150 Å². The number of carboxylic acids is 1. The molecule has 0 aliphatic heterocycles. The smallest absolute Gasteiger partial charge is 0.372 e. The minimum absolute atomic E-state index is 0.116. The van der Waals surface area contributed by atoms with Crippen LogP contribution in [0.25, 0.3) is 51.6 Å². The van der Waals surface area contributed by atoms with Crippen molar-refractivity contribution < 1.29 is 24.8 Å². The molecule has 9 nitrogen and oxygen atoms in total. The summed E-state index contributed by atoms with van der Waals surface area (Å²) in [5.74, 6) is -1.98. The van der Waals surface area contributed by atoms with E-state index >= 15 is 0 Å². The number of nitrogens with one attached hydrogen (secondary N) is 2. The monoisotopic (exact) mass is 504 g/mol. The Labute approximate surface area is 201 Å². The first-order valence-corrected chi connectivity index (χ1v) is 11.8. The van der Waals surface area contributed by atoms with Crippen molar-refractivity contribution in [2.24, 2.45) is 0 Å². The molecule has 11 heteroatoms. The lowest BCUT2D eigenvalue weighted by molar-refractivity contribution is -0.182. The van der Waals surface area contributed by atoms with Gasteiger partial charge in [-0.15, -0.1) is 22.7 Å². The van der Waals surface area contributed by atoms with Gasteiger partial charge < -0.3 is 15.1 Å². The van der Waals surface area contributed by atoms with Gasteiger partial charge in [-0.25, -0.2) is 9.59 Å². The second kappa shape index (κ2) is 7.60. The molecule has 0 bridgehead atoms. The average Bonchev–Trinajstić information content (AvgIpc) is 2.87. The number of hydrogen-bond acceptors (Lipinski definition) is 8. The molecule has 0 radical (unpaired) electrons. The molecule has 4 N–H and O–H groups in total. The van der Waals surface area contributed by atoms with Gasteiger partial charge in [0.25, 0.3) is 0 Å². The zero-order valence-corrected chi connectivity index (χ0v) is 19.0. The maximum absolute atomic E-state index is 13.0. The standard InChI is InChI=1S/C24H12N2O7S2/c27-13-5-6-14(28)18-17(13)19-21(34-15-7-9(23(29)30)1-3-11(15)25-19)22-20(18)26-12-4-2-10(24(31)33-32)8-16(12)35-22/h1-8,25-26,32H,(H,29,30). The molecule has 0 saturated heterocycles. The first kappa shape index (κ1) is 21.2. The minimum atomic E-state index is -1.06. The quantitative estimate of drug-likeness (QED) is 0.114. The molecule has 0 atom stereocenters. The number of H-pyrrole nitrogens is 2. The normalized spacial score (nSPS) is 11.6. The lowest BCUT2D eigenvalue weighted by Gasteiger charge is -2.12. The number of hydrogen-bond donors (Lipinski definition) is 4. The molecule has 0 saturated carbocycles. The van der Waals surface area contributed by atoms with E-state index in [0.717, 1.165) is 0 Å². The molecule has 0 amide bonds. The fourth-order valence-electron chi connectivity index (χ4n) is 4.17. The highest BCUT2D eigenvalue weighted by molar-refractivity contribution is 7.32. The van der Waals surface area contributed by atoms with Gasteiger partial charge in [0, 0.05) is 0 Å². The first-order chi connectivity index (χ1) is 16.9. The summed E-state index contributed by atoms with van der Waals surface area (Å²) in [5, 5.41) is 18.6. The van der Waals surface area contributed by atoms with Crippen LogP contribution in [0.15, 0.2) is 58.1 Å². The number of carboxylic acid groups (broad SMARTS) is 1. The highest BCUT2D eigenvalue weighted by atomic mass is 32.1. The van der Waals surface area contributed by atoms with Crippen molar-refractivity contribution in [3.05, 3.63) is 80.1 Å². The van der Waals surface area contributed by atoms with Crippen LogP contribution in [-0.2, 0) is 4.89 Å². The second-order valence-corrected chi connectivity index (χ2v) is 9.88. The van der Waals surface area contributed by atoms with Crippen LogP contribution in [-0.4, -0.2) is 32.3 Å². The maximum Gasteiger partial charge on any atom is 0.372 e. The Balaban J connectivity index is 1.87. The van der Waals surface area contributed by atoms with Gasteiger partial charge in [0.2, 0.25) is 0 Å². The van der Waals surface area contributed by atoms with Gasteiger partial charge in [-0.3, -0.25) is 14.5 Å². The van der Waals surface area contributed by atoms with Crippen LogP contribution in [0.2, 0.25) is 0 Å². The van der Waals surface area contributed by atoms with Crippen molar-refractivity contribution in [1.82, 2.24) is 9.97 Å². The second-order valence-electron chi connectivity index (χ2n) is 7.78. The van der Waals surface area contributed by atoms with E-state index in [0.29, 0.717) is 40.9 Å². The first-order valence-electron chi connectivity index (χ1n) is 10.1. The van der Waals surface area contributed by atoms with Crippen LogP contribution >= 0.6 is 22.7 Å². The van der Waals surface area contributed by atoms with Crippen LogP contribution in [0.5, 0.6) is 0 Å². The molecule has 2 aromatic heterocycles. The molecule has 6 rings (SSSR count). The maximum atomic E-state index is 13.0. The van der Waals surface area contributed by atoms with E-state index in [2.05, 4.69) is 14.9 Å². The van der Waals surface area contributed by atoms with Gasteiger partial charge in [-0.2, -0.15) is 5.26 Å². The molecule has 0 aliphatic rings. The van der Waals surface area contributed by atoms with Gasteiger partial charge in [0.1, 0.15) is 0 Å². The summed E-state index contributed by atoms with van der Waals surface area (Å²) in [4.78, 5) is 59.5. The number of rotatable bonds is 2. The molecular weight excluding hydrogens is 492 g/mol. The van der Waals surface area contributed by atoms with Crippen LogP contribution in [0.3, 0.4) is 0 Å². The molecular formula is C24H12N2O7S2. The number of carbonyl (C=O) groups excluding carboxylic acids is 1. The van der Waals surface area contributed by atoms with E-state index in [1.165, 1.54) is 46.9 Å². The van der Waals surface area contributed by atoms with Crippen molar-refractivity contribution in [2.45, 2.75) is 0 Å². The van der Waals surface area contributed by atoms with Crippen LogP contribution in [0.1, 0.15) is 20.7 Å². The van der Waals surface area contributed by atoms with Gasteiger partial charge in [0.05, 0.1) is 62.8 Å². The summed E-state index contributed by atoms with van der Waals surface area (Å²) < 4.78 is 2.57. The van der Waals surface area contributed by atoms with Crippen molar-refractivity contribution >= 4 is 86.3 Å². The number of carbonyl (C=O) groups is 2. The highest BCUT2D eigenvalue weighted by Crippen LogP contribution is 2.39. The molecule has 0 aliphatic carbocycles. The summed E-state index contributed by atoms with van der Waals surface area (Å²) >= 11 is 2.57. The van der Waals surface area contributed by atoms with E-state index in [9.17, 15) is 24.3 Å². The van der Waals surface area contributed by atoms with E-state index in [4.69, 9.17) is 5.26 Å². The van der Waals surface area contributed by atoms with Gasteiger partial charge in [-0.1, -0.05) is 0 Å². The molecule has 172 valence electrons. The van der Waals surface area contributed by atoms with Crippen molar-refractivity contribution in [3.8, 4) is 0 Å². The Morgan fingerprint density at radius 3 is 1.71 bits per heavy atom. The molecule has 0 unspecified atom stereocenters. The average molecular weight is 505 g/mol. The Hall–Kier alpha value is -4.32. The van der Waals surface area contributed by atoms with Crippen LogP contribution < -0.4 is 10.9 Å². The third-order valence-electron chi connectivity index (χ3n) is 5.76. The zero-order valence-electron chi connectivity index (χ0n) is 17.4. The van der Waals surface area contributed by atoms with Crippen molar-refractivity contribution in [3.63, 3.8) is 0 Å². The SMILES string of the molecule is O=C(O)c1ccc2[nH]c3c(sc2c1)c1sc2cc(C(=O)OO)ccc2[nH]c1c1c(=O)ccc(=O)c31. The minimum Gasteiger partial charge on any atom is -0.478 e. The van der Waals surface area contributed by atoms with E-state index in [-0.39, 0.29) is 32.8 Å². The summed E-state index contributed by atoms with van der Waals surface area (Å²) in [5.41, 5.74) is 1.75. The predicted molar refractivity (Wildman–Crippen MR) is 135 cm³/mol. The van der Waals surface area contributed by atoms with E-state index in [1.54, 1.807) is 24.3 Å². The number of benzene rings is 4. The fourth-order valence-corrected chi connectivity index (χ4v) is 6.59. The van der Waals surface area contributed by atoms with E-state index in [1.807, 2.05) is 0 Å². The number of aromatic amines is 2. The number of aromatic carboxylic acids is 1. The van der Waals surface area contributed by atoms with Crippen molar-refractivity contribution in [2.75, 3.05) is 0 Å². The van der Waals surface area contributed by atoms with Crippen molar-refractivity contribution in [1.29, 1.82) is 0 Å². The third-order valence-corrected chi connectivity index (χ3v) is 8.23. The highest BCUT2D eigenvalue weighted by Gasteiger charge is 2.18. The Morgan fingerprint density at radius 1 is 0.743 bits per heavy atom. The number of fused-ring (bicyclic) bond motifs is 8. The van der Waals surface area contributed by atoms with Gasteiger partial charge in [-0.05, 0) is 48.5 Å². The summed E-state index contributed by atoms with van der Waals surface area (Å²) in [7, 11) is 0. The molecule has 35 heavy (non-hydrogen) atoms. The summed E-state index contributed by atoms with van der Waals surface area (Å²) in [6.45, 7) is 0. The largest absolute Gasteiger partial charge is 0.478 e. The fraction of sp³-hybridized carbons (Fsp3) is 0. The molecule has 6 aromatic rings. The van der Waals surface area contributed by atoms with E-state index < -0.39 is 11.9 Å². The lowest BCUT2D eigenvalue weighted by atomic mass is 10.1. The number of aromatic nitrogens is 2. The molecule has 0 fully saturated rings. The Bertz CT molecular complexity index is 2050.